The normalized spacial score (nSPS) is 39.1. The first kappa shape index (κ1) is 38.9. The van der Waals surface area contributed by atoms with Gasteiger partial charge in [-0.2, -0.15) is 0 Å². The van der Waals surface area contributed by atoms with Gasteiger partial charge in [-0.15, -0.1) is 0 Å². The van der Waals surface area contributed by atoms with Gasteiger partial charge in [-0.25, -0.2) is 0 Å². The number of fused-ring (bicyclic) bond motifs is 7. The van der Waals surface area contributed by atoms with E-state index < -0.39 is 11.4 Å². The SMILES string of the molecule is CCCCCCCCCCCCCCC(=O)O[C@H]1CC[C@]2(C)[C@H]3CC=C4[C@@H]5CC(C)(C)CC[C@]5(C(=O)O)CC[C@@]4(C)[C@]3(C)CC[C@H]2C1(C)C. The maximum Gasteiger partial charge on any atom is 0.310 e. The summed E-state index contributed by atoms with van der Waals surface area (Å²) in [6.45, 7) is 19.5. The standard InChI is InChI=1S/C45H76O4/c1-9-10-11-12-13-14-15-16-17-18-19-20-21-38(46)49-37-25-26-42(6)35(41(37,4)5)24-27-44(8)36(42)23-22-33-34-32-40(2,3)28-30-45(34,39(47)48)31-29-43(33,44)7/h22,34-37H,9-21,23-32H2,1-8H3,(H,47,48)/t34-,35-,36+,37-,42-,43+,44+,45-/m0/s1. The molecule has 0 unspecified atom stereocenters. The highest BCUT2D eigenvalue weighted by atomic mass is 16.5. The number of aliphatic carboxylic acids is 1. The van der Waals surface area contributed by atoms with Gasteiger partial charge in [-0.1, -0.05) is 138 Å². The van der Waals surface area contributed by atoms with Crippen LogP contribution >= 0.6 is 0 Å². The van der Waals surface area contributed by atoms with Crippen LogP contribution in [0.2, 0.25) is 0 Å². The molecule has 0 radical (unpaired) electrons. The van der Waals surface area contributed by atoms with Crippen LogP contribution in [0.5, 0.6) is 0 Å². The van der Waals surface area contributed by atoms with Crippen LogP contribution in [0.3, 0.4) is 0 Å². The van der Waals surface area contributed by atoms with Crippen molar-refractivity contribution in [1.82, 2.24) is 0 Å². The number of carboxylic acid groups (broad SMARTS) is 1. The van der Waals surface area contributed by atoms with Crippen LogP contribution in [-0.4, -0.2) is 23.1 Å². The molecule has 0 aromatic heterocycles. The lowest BCUT2D eigenvalue weighted by Crippen LogP contribution is -2.65. The number of carboxylic acids is 1. The quantitative estimate of drug-likeness (QED) is 0.106. The van der Waals surface area contributed by atoms with Gasteiger partial charge in [-0.05, 0) is 110 Å². The summed E-state index contributed by atoms with van der Waals surface area (Å²) < 4.78 is 6.37. The largest absolute Gasteiger partial charge is 0.481 e. The molecular formula is C45H76O4. The molecule has 4 heteroatoms. The molecule has 0 bridgehead atoms. The molecule has 280 valence electrons. The zero-order valence-corrected chi connectivity index (χ0v) is 33.3. The van der Waals surface area contributed by atoms with Gasteiger partial charge in [0.15, 0.2) is 0 Å². The summed E-state index contributed by atoms with van der Waals surface area (Å²) in [5.41, 5.74) is 1.45. The zero-order chi connectivity index (χ0) is 35.7. The van der Waals surface area contributed by atoms with E-state index in [1.165, 1.54) is 82.6 Å². The number of carbonyl (C=O) groups is 2. The maximum absolute atomic E-state index is 13.2. The van der Waals surface area contributed by atoms with Crippen molar-refractivity contribution in [2.75, 3.05) is 0 Å². The smallest absolute Gasteiger partial charge is 0.310 e. The number of allylic oxidation sites excluding steroid dienone is 2. The van der Waals surface area contributed by atoms with Crippen molar-refractivity contribution in [3.63, 3.8) is 0 Å². The van der Waals surface area contributed by atoms with Gasteiger partial charge in [0.05, 0.1) is 5.41 Å². The summed E-state index contributed by atoms with van der Waals surface area (Å²) in [5.74, 6) is 0.718. The van der Waals surface area contributed by atoms with Crippen LogP contribution < -0.4 is 0 Å². The van der Waals surface area contributed by atoms with Gasteiger partial charge in [-0.3, -0.25) is 9.59 Å². The summed E-state index contributed by atoms with van der Waals surface area (Å²) in [4.78, 5) is 26.1. The summed E-state index contributed by atoms with van der Waals surface area (Å²) in [7, 11) is 0. The number of esters is 1. The summed E-state index contributed by atoms with van der Waals surface area (Å²) in [6, 6.07) is 0. The van der Waals surface area contributed by atoms with E-state index in [9.17, 15) is 14.7 Å². The second-order valence-electron chi connectivity index (χ2n) is 20.2. The Morgan fingerprint density at radius 3 is 1.94 bits per heavy atom. The fourth-order valence-electron chi connectivity index (χ4n) is 13.1. The highest BCUT2D eigenvalue weighted by Crippen LogP contribution is 2.75. The van der Waals surface area contributed by atoms with Crippen molar-refractivity contribution in [3.05, 3.63) is 11.6 Å². The average molecular weight is 681 g/mol. The van der Waals surface area contributed by atoms with Gasteiger partial charge in [0.25, 0.3) is 0 Å². The molecule has 0 aromatic rings. The van der Waals surface area contributed by atoms with E-state index in [0.29, 0.717) is 18.3 Å². The second-order valence-corrected chi connectivity index (χ2v) is 20.2. The lowest BCUT2D eigenvalue weighted by Gasteiger charge is -2.71. The maximum atomic E-state index is 13.2. The molecule has 4 fully saturated rings. The van der Waals surface area contributed by atoms with E-state index in [-0.39, 0.29) is 45.1 Å². The van der Waals surface area contributed by atoms with E-state index in [1.807, 2.05) is 0 Å². The minimum atomic E-state index is -0.581. The van der Waals surface area contributed by atoms with Crippen molar-refractivity contribution < 1.29 is 19.4 Å². The molecule has 4 saturated carbocycles. The third-order valence-corrected chi connectivity index (χ3v) is 16.5. The van der Waals surface area contributed by atoms with Crippen LogP contribution in [0, 0.1) is 50.2 Å². The Kier molecular flexibility index (Phi) is 11.9. The fourth-order valence-corrected chi connectivity index (χ4v) is 13.1. The molecule has 0 amide bonds. The lowest BCUT2D eigenvalue weighted by molar-refractivity contribution is -0.214. The molecule has 49 heavy (non-hydrogen) atoms. The number of rotatable bonds is 15. The monoisotopic (exact) mass is 681 g/mol. The molecule has 0 aliphatic heterocycles. The average Bonchev–Trinajstić information content (AvgIpc) is 3.03. The van der Waals surface area contributed by atoms with Gasteiger partial charge in [0, 0.05) is 11.8 Å². The van der Waals surface area contributed by atoms with Gasteiger partial charge in [0.1, 0.15) is 6.10 Å². The Balaban J connectivity index is 1.17. The molecule has 5 aliphatic carbocycles. The summed E-state index contributed by atoms with van der Waals surface area (Å²) in [5, 5.41) is 10.7. The predicted octanol–water partition coefficient (Wildman–Crippen LogP) is 12.9. The number of hydrogen-bond acceptors (Lipinski definition) is 3. The van der Waals surface area contributed by atoms with E-state index in [2.05, 4.69) is 61.5 Å². The highest BCUT2D eigenvalue weighted by molar-refractivity contribution is 5.76. The third kappa shape index (κ3) is 7.21. The van der Waals surface area contributed by atoms with Crippen LogP contribution in [-0.2, 0) is 14.3 Å². The molecule has 0 heterocycles. The van der Waals surface area contributed by atoms with Crippen LogP contribution in [0.25, 0.3) is 0 Å². The Morgan fingerprint density at radius 2 is 1.33 bits per heavy atom. The molecule has 5 aliphatic rings. The minimum absolute atomic E-state index is 0.000344. The molecule has 5 rings (SSSR count). The van der Waals surface area contributed by atoms with E-state index in [0.717, 1.165) is 64.2 Å². The number of hydrogen-bond donors (Lipinski definition) is 1. The molecule has 1 N–H and O–H groups in total. The summed E-state index contributed by atoms with van der Waals surface area (Å²) >= 11 is 0. The van der Waals surface area contributed by atoms with Gasteiger partial charge < -0.3 is 9.84 Å². The van der Waals surface area contributed by atoms with Crippen molar-refractivity contribution in [3.8, 4) is 0 Å². The first-order valence-electron chi connectivity index (χ1n) is 21.2. The van der Waals surface area contributed by atoms with Gasteiger partial charge >= 0.3 is 11.9 Å². The number of unbranched alkanes of at least 4 members (excludes halogenated alkanes) is 11. The van der Waals surface area contributed by atoms with Gasteiger partial charge in [0.2, 0.25) is 0 Å². The Morgan fingerprint density at radius 1 is 0.735 bits per heavy atom. The Hall–Kier alpha value is -1.32. The van der Waals surface area contributed by atoms with E-state index in [4.69, 9.17) is 4.74 Å². The molecule has 0 spiro atoms. The minimum Gasteiger partial charge on any atom is -0.481 e. The van der Waals surface area contributed by atoms with E-state index in [1.54, 1.807) is 0 Å². The molecule has 0 saturated heterocycles. The van der Waals surface area contributed by atoms with Crippen molar-refractivity contribution in [2.24, 2.45) is 50.2 Å². The molecular weight excluding hydrogens is 604 g/mol. The van der Waals surface area contributed by atoms with E-state index >= 15 is 0 Å². The van der Waals surface area contributed by atoms with Crippen molar-refractivity contribution in [1.29, 1.82) is 0 Å². The number of ether oxygens (including phenoxy) is 1. The first-order valence-corrected chi connectivity index (χ1v) is 21.2. The lowest BCUT2D eigenvalue weighted by atomic mass is 9.33. The highest BCUT2D eigenvalue weighted by Gasteiger charge is 2.69. The topological polar surface area (TPSA) is 63.6 Å². The Labute approximate surface area is 301 Å². The summed E-state index contributed by atoms with van der Waals surface area (Å²) in [6.07, 6.45) is 28.9. The third-order valence-electron chi connectivity index (χ3n) is 16.5. The molecule has 8 atom stereocenters. The number of carbonyl (C=O) groups excluding carboxylic acids is 1. The predicted molar refractivity (Wildman–Crippen MR) is 202 cm³/mol. The second kappa shape index (κ2) is 15.0. The van der Waals surface area contributed by atoms with Crippen LogP contribution in [0.1, 0.15) is 203 Å². The van der Waals surface area contributed by atoms with Crippen molar-refractivity contribution >= 4 is 11.9 Å². The molecule has 4 nitrogen and oxygen atoms in total. The Bertz CT molecular complexity index is 1200. The first-order chi connectivity index (χ1) is 23.1. The van der Waals surface area contributed by atoms with Crippen molar-refractivity contribution in [2.45, 2.75) is 209 Å². The fraction of sp³-hybridized carbons (Fsp3) is 0.911. The molecule has 0 aromatic carbocycles. The zero-order valence-electron chi connectivity index (χ0n) is 33.3. The van der Waals surface area contributed by atoms with Crippen LogP contribution in [0.4, 0.5) is 0 Å². The van der Waals surface area contributed by atoms with Crippen LogP contribution in [0.15, 0.2) is 11.6 Å².